The SMILES string of the molecule is CCCCNc1cc(Nc2cc(C)ccc2OC)nc(C)n1. The van der Waals surface area contributed by atoms with Gasteiger partial charge in [-0.3, -0.25) is 0 Å². The average Bonchev–Trinajstić information content (AvgIpc) is 2.47. The Morgan fingerprint density at radius 2 is 1.86 bits per heavy atom. The van der Waals surface area contributed by atoms with Gasteiger partial charge in [-0.15, -0.1) is 0 Å². The Morgan fingerprint density at radius 1 is 1.09 bits per heavy atom. The molecule has 2 rings (SSSR count). The van der Waals surface area contributed by atoms with E-state index in [9.17, 15) is 0 Å². The molecule has 118 valence electrons. The molecular formula is C17H24N4O. The van der Waals surface area contributed by atoms with Crippen LogP contribution in [0.3, 0.4) is 0 Å². The van der Waals surface area contributed by atoms with E-state index in [0.717, 1.165) is 53.8 Å². The van der Waals surface area contributed by atoms with Gasteiger partial charge >= 0.3 is 0 Å². The molecule has 0 saturated carbocycles. The largest absolute Gasteiger partial charge is 0.495 e. The lowest BCUT2D eigenvalue weighted by molar-refractivity contribution is 0.416. The summed E-state index contributed by atoms with van der Waals surface area (Å²) in [5, 5.41) is 6.65. The van der Waals surface area contributed by atoms with Crippen LogP contribution in [0.4, 0.5) is 17.3 Å². The van der Waals surface area contributed by atoms with E-state index in [-0.39, 0.29) is 0 Å². The summed E-state index contributed by atoms with van der Waals surface area (Å²) in [6.07, 6.45) is 2.28. The molecule has 1 aromatic heterocycles. The van der Waals surface area contributed by atoms with Crippen LogP contribution in [0.2, 0.25) is 0 Å². The number of unbranched alkanes of at least 4 members (excludes halogenated alkanes) is 1. The molecule has 0 saturated heterocycles. The molecule has 0 spiro atoms. The molecule has 1 aromatic carbocycles. The Balaban J connectivity index is 2.20. The van der Waals surface area contributed by atoms with Crippen LogP contribution in [0.25, 0.3) is 0 Å². The summed E-state index contributed by atoms with van der Waals surface area (Å²) in [5.74, 6) is 3.13. The van der Waals surface area contributed by atoms with Crippen molar-refractivity contribution in [2.24, 2.45) is 0 Å². The maximum Gasteiger partial charge on any atom is 0.142 e. The van der Waals surface area contributed by atoms with Gasteiger partial charge in [0.1, 0.15) is 23.2 Å². The molecule has 0 aliphatic rings. The van der Waals surface area contributed by atoms with Crippen LogP contribution in [-0.4, -0.2) is 23.6 Å². The highest BCUT2D eigenvalue weighted by Gasteiger charge is 2.07. The van der Waals surface area contributed by atoms with E-state index >= 15 is 0 Å². The summed E-state index contributed by atoms with van der Waals surface area (Å²) in [5.41, 5.74) is 2.07. The summed E-state index contributed by atoms with van der Waals surface area (Å²) in [6.45, 7) is 7.03. The standard InChI is InChI=1S/C17H24N4O/c1-5-6-9-18-16-11-17(20-13(3)19-16)21-14-10-12(2)7-8-15(14)22-4/h7-8,10-11H,5-6,9H2,1-4H3,(H2,18,19,20,21). The average molecular weight is 300 g/mol. The number of hydrogen-bond acceptors (Lipinski definition) is 5. The van der Waals surface area contributed by atoms with Gasteiger partial charge in [-0.2, -0.15) is 0 Å². The van der Waals surface area contributed by atoms with Crippen molar-refractivity contribution >= 4 is 17.3 Å². The molecule has 0 bridgehead atoms. The molecule has 2 N–H and O–H groups in total. The normalized spacial score (nSPS) is 10.4. The molecule has 0 aliphatic heterocycles. The molecule has 0 atom stereocenters. The number of ether oxygens (including phenoxy) is 1. The first-order valence-electron chi connectivity index (χ1n) is 7.63. The molecule has 0 aliphatic carbocycles. The van der Waals surface area contributed by atoms with E-state index in [0.29, 0.717) is 0 Å². The Bertz CT molecular complexity index is 628. The van der Waals surface area contributed by atoms with Crippen molar-refractivity contribution in [1.82, 2.24) is 9.97 Å². The third-order valence-electron chi connectivity index (χ3n) is 3.29. The van der Waals surface area contributed by atoms with Gasteiger partial charge in [-0.25, -0.2) is 9.97 Å². The summed E-state index contributed by atoms with van der Waals surface area (Å²) in [6, 6.07) is 7.93. The highest BCUT2D eigenvalue weighted by atomic mass is 16.5. The highest BCUT2D eigenvalue weighted by molar-refractivity contribution is 5.66. The molecule has 0 radical (unpaired) electrons. The molecule has 5 heteroatoms. The molecule has 2 aromatic rings. The highest BCUT2D eigenvalue weighted by Crippen LogP contribution is 2.28. The van der Waals surface area contributed by atoms with Crippen molar-refractivity contribution in [3.8, 4) is 5.75 Å². The molecule has 1 heterocycles. The van der Waals surface area contributed by atoms with Gasteiger partial charge in [0, 0.05) is 12.6 Å². The lowest BCUT2D eigenvalue weighted by Gasteiger charge is -2.13. The number of methoxy groups -OCH3 is 1. The first-order chi connectivity index (χ1) is 10.6. The molecule has 5 nitrogen and oxygen atoms in total. The Morgan fingerprint density at radius 3 is 2.59 bits per heavy atom. The minimum absolute atomic E-state index is 0.732. The summed E-state index contributed by atoms with van der Waals surface area (Å²) < 4.78 is 5.39. The predicted molar refractivity (Wildman–Crippen MR) is 91.2 cm³/mol. The lowest BCUT2D eigenvalue weighted by atomic mass is 10.2. The maximum atomic E-state index is 5.39. The monoisotopic (exact) mass is 300 g/mol. The van der Waals surface area contributed by atoms with Crippen LogP contribution in [-0.2, 0) is 0 Å². The fraction of sp³-hybridized carbons (Fsp3) is 0.412. The Hall–Kier alpha value is -2.30. The summed E-state index contributed by atoms with van der Waals surface area (Å²) in [4.78, 5) is 8.86. The second-order valence-corrected chi connectivity index (χ2v) is 5.29. The zero-order valence-corrected chi connectivity index (χ0v) is 13.7. The number of nitrogens with zero attached hydrogens (tertiary/aromatic N) is 2. The minimum atomic E-state index is 0.732. The molecule has 0 amide bonds. The van der Waals surface area contributed by atoms with Crippen molar-refractivity contribution in [1.29, 1.82) is 0 Å². The van der Waals surface area contributed by atoms with Crippen molar-refractivity contribution < 1.29 is 4.74 Å². The van der Waals surface area contributed by atoms with Crippen LogP contribution in [0.1, 0.15) is 31.2 Å². The number of nitrogens with one attached hydrogen (secondary N) is 2. The maximum absolute atomic E-state index is 5.39. The number of benzene rings is 1. The number of anilines is 3. The first kappa shape index (κ1) is 16.1. The first-order valence-corrected chi connectivity index (χ1v) is 7.63. The second kappa shape index (κ2) is 7.64. The van der Waals surface area contributed by atoms with Gasteiger partial charge in [0.05, 0.1) is 12.8 Å². The summed E-state index contributed by atoms with van der Waals surface area (Å²) in [7, 11) is 1.67. The zero-order valence-electron chi connectivity index (χ0n) is 13.7. The van der Waals surface area contributed by atoms with Crippen LogP contribution in [0.15, 0.2) is 24.3 Å². The lowest BCUT2D eigenvalue weighted by Crippen LogP contribution is -2.06. The van der Waals surface area contributed by atoms with Gasteiger partial charge in [-0.1, -0.05) is 19.4 Å². The van der Waals surface area contributed by atoms with Crippen molar-refractivity contribution in [3.05, 3.63) is 35.7 Å². The van der Waals surface area contributed by atoms with Gasteiger partial charge in [-0.05, 0) is 38.0 Å². The smallest absolute Gasteiger partial charge is 0.142 e. The van der Waals surface area contributed by atoms with E-state index in [4.69, 9.17) is 4.74 Å². The van der Waals surface area contributed by atoms with Gasteiger partial charge < -0.3 is 15.4 Å². The fourth-order valence-electron chi connectivity index (χ4n) is 2.17. The van der Waals surface area contributed by atoms with Gasteiger partial charge in [0.2, 0.25) is 0 Å². The van der Waals surface area contributed by atoms with E-state index in [1.54, 1.807) is 7.11 Å². The fourth-order valence-corrected chi connectivity index (χ4v) is 2.17. The van der Waals surface area contributed by atoms with Crippen LogP contribution in [0.5, 0.6) is 5.75 Å². The third-order valence-corrected chi connectivity index (χ3v) is 3.29. The number of rotatable bonds is 7. The van der Waals surface area contributed by atoms with E-state index < -0.39 is 0 Å². The van der Waals surface area contributed by atoms with Gasteiger partial charge in [0.25, 0.3) is 0 Å². The summed E-state index contributed by atoms with van der Waals surface area (Å²) >= 11 is 0. The molecule has 0 fully saturated rings. The van der Waals surface area contributed by atoms with Crippen LogP contribution >= 0.6 is 0 Å². The molecule has 22 heavy (non-hydrogen) atoms. The second-order valence-electron chi connectivity index (χ2n) is 5.29. The third kappa shape index (κ3) is 4.35. The van der Waals surface area contributed by atoms with Crippen LogP contribution in [0, 0.1) is 13.8 Å². The number of aromatic nitrogens is 2. The van der Waals surface area contributed by atoms with Crippen LogP contribution < -0.4 is 15.4 Å². The van der Waals surface area contributed by atoms with Crippen molar-refractivity contribution in [3.63, 3.8) is 0 Å². The minimum Gasteiger partial charge on any atom is -0.495 e. The Labute approximate surface area is 132 Å². The quantitative estimate of drug-likeness (QED) is 0.755. The Kier molecular flexibility index (Phi) is 5.58. The topological polar surface area (TPSA) is 59.1 Å². The number of hydrogen-bond donors (Lipinski definition) is 2. The van der Waals surface area contributed by atoms with Crippen molar-refractivity contribution in [2.45, 2.75) is 33.6 Å². The zero-order chi connectivity index (χ0) is 15.9. The van der Waals surface area contributed by atoms with Gasteiger partial charge in [0.15, 0.2) is 0 Å². The molecular weight excluding hydrogens is 276 g/mol. The predicted octanol–water partition coefficient (Wildman–Crippen LogP) is 4.06. The van der Waals surface area contributed by atoms with E-state index in [2.05, 4.69) is 27.5 Å². The number of aryl methyl sites for hydroxylation is 2. The van der Waals surface area contributed by atoms with Crippen molar-refractivity contribution in [2.75, 3.05) is 24.3 Å². The molecule has 0 unspecified atom stereocenters. The van der Waals surface area contributed by atoms with E-state index in [1.165, 1.54) is 0 Å². The van der Waals surface area contributed by atoms with E-state index in [1.807, 2.05) is 38.1 Å².